The molecule has 130 valence electrons. The van der Waals surface area contributed by atoms with Gasteiger partial charge in [0.15, 0.2) is 0 Å². The van der Waals surface area contributed by atoms with E-state index in [4.69, 9.17) is 14.2 Å². The second-order valence-corrected chi connectivity index (χ2v) is 4.68. The summed E-state index contributed by atoms with van der Waals surface area (Å²) in [6.07, 6.45) is 1.51. The first-order valence-corrected chi connectivity index (χ1v) is 7.87. The Kier molecular flexibility index (Phi) is 15.6. The summed E-state index contributed by atoms with van der Waals surface area (Å²) in [5.41, 5.74) is 0. The predicted octanol–water partition coefficient (Wildman–Crippen LogP) is 0.131. The minimum absolute atomic E-state index is 0.0212. The lowest BCUT2D eigenvalue weighted by Gasteiger charge is -2.07. The highest BCUT2D eigenvalue weighted by Gasteiger charge is 1.99. The Bertz CT molecular complexity index is 287. The van der Waals surface area contributed by atoms with Crippen molar-refractivity contribution in [3.05, 3.63) is 0 Å². The molecule has 0 aliphatic rings. The number of hydrogen-bond acceptors (Lipinski definition) is 6. The van der Waals surface area contributed by atoms with Crippen molar-refractivity contribution < 1.29 is 23.8 Å². The summed E-state index contributed by atoms with van der Waals surface area (Å²) in [5, 5.41) is 5.68. The van der Waals surface area contributed by atoms with Crippen LogP contribution in [0.1, 0.15) is 26.2 Å². The number of amides is 1. The molecule has 2 N–H and O–H groups in total. The van der Waals surface area contributed by atoms with Crippen molar-refractivity contribution in [3.63, 3.8) is 0 Å². The molecule has 22 heavy (non-hydrogen) atoms. The molecule has 1 amide bonds. The van der Waals surface area contributed by atoms with Crippen LogP contribution >= 0.6 is 0 Å². The summed E-state index contributed by atoms with van der Waals surface area (Å²) in [7, 11) is 1.81. The summed E-state index contributed by atoms with van der Waals surface area (Å²) in [6.45, 7) is 5.92. The average Bonchev–Trinajstić information content (AvgIpc) is 2.53. The number of carbonyl (C=O) groups excluding carboxylic acids is 2. The van der Waals surface area contributed by atoms with Crippen molar-refractivity contribution >= 4 is 11.7 Å². The molecule has 0 fully saturated rings. The van der Waals surface area contributed by atoms with Gasteiger partial charge in [0.05, 0.1) is 39.6 Å². The highest BCUT2D eigenvalue weighted by atomic mass is 16.5. The number of nitrogens with one attached hydrogen (secondary N) is 2. The van der Waals surface area contributed by atoms with Crippen molar-refractivity contribution in [3.8, 4) is 0 Å². The van der Waals surface area contributed by atoms with Crippen LogP contribution in [0.2, 0.25) is 0 Å². The van der Waals surface area contributed by atoms with E-state index in [1.807, 2.05) is 14.0 Å². The maximum Gasteiger partial charge on any atom is 0.221 e. The standard InChI is InChI=1S/C15H30N2O5/c1-3-14(18)5-8-20-10-12-22-13-11-21-9-7-17-15(19)4-6-16-2/h16H,3-13H2,1-2H3,(H,17,19). The molecule has 0 radical (unpaired) electrons. The van der Waals surface area contributed by atoms with Crippen molar-refractivity contribution in [1.29, 1.82) is 0 Å². The van der Waals surface area contributed by atoms with Gasteiger partial charge in [-0.25, -0.2) is 0 Å². The average molecular weight is 318 g/mol. The normalized spacial score (nSPS) is 10.6. The molecule has 0 unspecified atom stereocenters. The maximum atomic E-state index is 11.3. The molecule has 0 saturated carbocycles. The van der Waals surface area contributed by atoms with E-state index in [2.05, 4.69) is 10.6 Å². The topological polar surface area (TPSA) is 85.9 Å². The second-order valence-electron chi connectivity index (χ2n) is 4.68. The van der Waals surface area contributed by atoms with Gasteiger partial charge in [-0.1, -0.05) is 6.92 Å². The minimum Gasteiger partial charge on any atom is -0.379 e. The Morgan fingerprint density at radius 1 is 0.818 bits per heavy atom. The molecule has 0 rings (SSSR count). The SMILES string of the molecule is CCC(=O)CCOCCOCCOCCNC(=O)CCNC. The number of hydrogen-bond donors (Lipinski definition) is 2. The molecular weight excluding hydrogens is 288 g/mol. The molecular formula is C15H30N2O5. The quantitative estimate of drug-likeness (QED) is 0.394. The van der Waals surface area contributed by atoms with E-state index in [1.165, 1.54) is 0 Å². The van der Waals surface area contributed by atoms with Crippen LogP contribution in [-0.4, -0.2) is 71.5 Å². The Morgan fingerprint density at radius 2 is 1.41 bits per heavy atom. The monoisotopic (exact) mass is 318 g/mol. The molecule has 0 aliphatic heterocycles. The highest BCUT2D eigenvalue weighted by Crippen LogP contribution is 1.90. The van der Waals surface area contributed by atoms with Crippen molar-refractivity contribution in [1.82, 2.24) is 10.6 Å². The molecule has 0 atom stereocenters. The van der Waals surface area contributed by atoms with Gasteiger partial charge in [-0.2, -0.15) is 0 Å². The second kappa shape index (κ2) is 16.4. The summed E-state index contributed by atoms with van der Waals surface area (Å²) in [5.74, 6) is 0.236. The fourth-order valence-corrected chi connectivity index (χ4v) is 1.49. The van der Waals surface area contributed by atoms with Crippen molar-refractivity contribution in [2.24, 2.45) is 0 Å². The van der Waals surface area contributed by atoms with Gasteiger partial charge >= 0.3 is 0 Å². The Balaban J connectivity index is 3.11. The third-order valence-corrected chi connectivity index (χ3v) is 2.83. The molecule has 0 aliphatic carbocycles. The summed E-state index contributed by atoms with van der Waals surface area (Å²) in [4.78, 5) is 22.3. The fourth-order valence-electron chi connectivity index (χ4n) is 1.49. The number of ether oxygens (including phenoxy) is 3. The van der Waals surface area contributed by atoms with Crippen LogP contribution in [-0.2, 0) is 23.8 Å². The first kappa shape index (κ1) is 21.0. The number of rotatable bonds is 16. The molecule has 7 heteroatoms. The van der Waals surface area contributed by atoms with Crippen LogP contribution in [0, 0.1) is 0 Å². The zero-order valence-corrected chi connectivity index (χ0v) is 13.8. The lowest BCUT2D eigenvalue weighted by Crippen LogP contribution is -2.29. The first-order chi connectivity index (χ1) is 10.7. The zero-order valence-electron chi connectivity index (χ0n) is 13.8. The van der Waals surface area contributed by atoms with Crippen LogP contribution < -0.4 is 10.6 Å². The lowest BCUT2D eigenvalue weighted by molar-refractivity contribution is -0.121. The Hall–Kier alpha value is -1.02. The van der Waals surface area contributed by atoms with Crippen molar-refractivity contribution in [2.45, 2.75) is 26.2 Å². The van der Waals surface area contributed by atoms with E-state index in [-0.39, 0.29) is 11.7 Å². The van der Waals surface area contributed by atoms with Gasteiger partial charge in [0, 0.05) is 32.4 Å². The number of ketones is 1. The molecule has 0 aromatic rings. The van der Waals surface area contributed by atoms with E-state index in [0.29, 0.717) is 72.0 Å². The predicted molar refractivity (Wildman–Crippen MR) is 83.9 cm³/mol. The molecule has 0 bridgehead atoms. The van der Waals surface area contributed by atoms with Gasteiger partial charge in [-0.05, 0) is 7.05 Å². The Morgan fingerprint density at radius 3 is 2.00 bits per heavy atom. The van der Waals surface area contributed by atoms with Gasteiger partial charge in [-0.15, -0.1) is 0 Å². The van der Waals surface area contributed by atoms with E-state index >= 15 is 0 Å². The largest absolute Gasteiger partial charge is 0.379 e. The first-order valence-electron chi connectivity index (χ1n) is 7.87. The summed E-state index contributed by atoms with van der Waals surface area (Å²) >= 11 is 0. The summed E-state index contributed by atoms with van der Waals surface area (Å²) in [6, 6.07) is 0. The molecule has 0 saturated heterocycles. The van der Waals surface area contributed by atoms with Crippen LogP contribution in [0.25, 0.3) is 0 Å². The molecule has 0 heterocycles. The third-order valence-electron chi connectivity index (χ3n) is 2.83. The number of carbonyl (C=O) groups is 2. The molecule has 0 aromatic heterocycles. The van der Waals surface area contributed by atoms with Gasteiger partial charge < -0.3 is 24.8 Å². The van der Waals surface area contributed by atoms with Gasteiger partial charge in [0.25, 0.3) is 0 Å². The van der Waals surface area contributed by atoms with Crippen molar-refractivity contribution in [2.75, 3.05) is 59.8 Å². The van der Waals surface area contributed by atoms with E-state index < -0.39 is 0 Å². The highest BCUT2D eigenvalue weighted by molar-refractivity contribution is 5.78. The maximum absolute atomic E-state index is 11.3. The van der Waals surface area contributed by atoms with E-state index in [9.17, 15) is 9.59 Å². The zero-order chi connectivity index (χ0) is 16.5. The van der Waals surface area contributed by atoms with Gasteiger partial charge in [0.2, 0.25) is 5.91 Å². The van der Waals surface area contributed by atoms with Crippen LogP contribution in [0.3, 0.4) is 0 Å². The molecule has 7 nitrogen and oxygen atoms in total. The third kappa shape index (κ3) is 15.4. The van der Waals surface area contributed by atoms with Crippen LogP contribution in [0.4, 0.5) is 0 Å². The molecule has 0 aromatic carbocycles. The minimum atomic E-state index is 0.0212. The van der Waals surface area contributed by atoms with E-state index in [1.54, 1.807) is 0 Å². The number of Topliss-reactive ketones (excluding diaryl/α,β-unsaturated/α-hetero) is 1. The van der Waals surface area contributed by atoms with Crippen LogP contribution in [0.15, 0.2) is 0 Å². The van der Waals surface area contributed by atoms with E-state index in [0.717, 1.165) is 0 Å². The van der Waals surface area contributed by atoms with Gasteiger partial charge in [-0.3, -0.25) is 9.59 Å². The molecule has 0 spiro atoms. The summed E-state index contributed by atoms with van der Waals surface area (Å²) < 4.78 is 15.9. The fraction of sp³-hybridized carbons (Fsp3) is 0.867. The lowest BCUT2D eigenvalue weighted by atomic mass is 10.2. The van der Waals surface area contributed by atoms with Crippen LogP contribution in [0.5, 0.6) is 0 Å². The smallest absolute Gasteiger partial charge is 0.221 e. The Labute approximate surface area is 133 Å². The van der Waals surface area contributed by atoms with Gasteiger partial charge in [0.1, 0.15) is 5.78 Å².